The van der Waals surface area contributed by atoms with Crippen molar-refractivity contribution >= 4 is 0 Å². The Hall–Kier alpha value is -1.09. The second kappa shape index (κ2) is 6.19. The van der Waals surface area contributed by atoms with Crippen LogP contribution in [-0.2, 0) is 0 Å². The largest absolute Gasteiger partial charge is 0.361 e. The van der Waals surface area contributed by atoms with Gasteiger partial charge in [0.05, 0.1) is 5.69 Å². The minimum atomic E-state index is 0.297. The lowest BCUT2D eigenvalue weighted by Gasteiger charge is -2.22. The van der Waals surface area contributed by atoms with Gasteiger partial charge in [0.1, 0.15) is 5.76 Å². The zero-order valence-corrected chi connectivity index (χ0v) is 11.7. The zero-order valence-electron chi connectivity index (χ0n) is 11.7. The Kier molecular flexibility index (Phi) is 4.59. The molecule has 1 heterocycles. The molecule has 0 aromatic carbocycles. The lowest BCUT2D eigenvalue weighted by Crippen LogP contribution is -2.30. The number of aromatic nitrogens is 1. The minimum absolute atomic E-state index is 0.297. The van der Waals surface area contributed by atoms with Gasteiger partial charge >= 0.3 is 0 Å². The number of aryl methyl sites for hydroxylation is 2. The average Bonchev–Trinajstić information content (AvgIpc) is 2.62. The molecule has 1 aromatic rings. The molecule has 0 saturated carbocycles. The molecular formula is C15H24N2O. The van der Waals surface area contributed by atoms with E-state index in [0.29, 0.717) is 12.1 Å². The SMILES string of the molecule is Cc1noc(C)c1C(C)NC1/C=C/CCCCC1. The van der Waals surface area contributed by atoms with Crippen LogP contribution >= 0.6 is 0 Å². The summed E-state index contributed by atoms with van der Waals surface area (Å²) in [6.07, 6.45) is 11.1. The summed E-state index contributed by atoms with van der Waals surface area (Å²) in [5.74, 6) is 0.933. The van der Waals surface area contributed by atoms with Gasteiger partial charge in [-0.15, -0.1) is 0 Å². The van der Waals surface area contributed by atoms with Crippen molar-refractivity contribution in [2.24, 2.45) is 0 Å². The predicted molar refractivity (Wildman–Crippen MR) is 73.5 cm³/mol. The second-order valence-electron chi connectivity index (χ2n) is 5.30. The lowest BCUT2D eigenvalue weighted by atomic mass is 10.00. The highest BCUT2D eigenvalue weighted by atomic mass is 16.5. The van der Waals surface area contributed by atoms with E-state index in [1.54, 1.807) is 0 Å². The van der Waals surface area contributed by atoms with Crippen LogP contribution < -0.4 is 5.32 Å². The van der Waals surface area contributed by atoms with Crippen LogP contribution in [0.25, 0.3) is 0 Å². The molecule has 3 heteroatoms. The van der Waals surface area contributed by atoms with Crippen LogP contribution in [0.5, 0.6) is 0 Å². The van der Waals surface area contributed by atoms with Crippen molar-refractivity contribution in [1.29, 1.82) is 0 Å². The molecule has 0 spiro atoms. The van der Waals surface area contributed by atoms with Crippen molar-refractivity contribution in [1.82, 2.24) is 10.5 Å². The fourth-order valence-corrected chi connectivity index (χ4v) is 2.81. The Morgan fingerprint density at radius 1 is 1.33 bits per heavy atom. The smallest absolute Gasteiger partial charge is 0.138 e. The van der Waals surface area contributed by atoms with Crippen LogP contribution in [0.15, 0.2) is 16.7 Å². The summed E-state index contributed by atoms with van der Waals surface area (Å²) in [6.45, 7) is 6.19. The van der Waals surface area contributed by atoms with Gasteiger partial charge in [-0.05, 0) is 40.0 Å². The van der Waals surface area contributed by atoms with E-state index in [1.165, 1.54) is 37.7 Å². The molecule has 1 aromatic heterocycles. The number of rotatable bonds is 3. The fraction of sp³-hybridized carbons (Fsp3) is 0.667. The highest BCUT2D eigenvalue weighted by Crippen LogP contribution is 2.22. The van der Waals surface area contributed by atoms with E-state index in [4.69, 9.17) is 4.52 Å². The van der Waals surface area contributed by atoms with E-state index in [2.05, 4.69) is 29.5 Å². The normalized spacial score (nSPS) is 24.3. The second-order valence-corrected chi connectivity index (χ2v) is 5.30. The molecule has 0 amide bonds. The molecule has 0 fully saturated rings. The topological polar surface area (TPSA) is 38.1 Å². The van der Waals surface area contributed by atoms with Gasteiger partial charge in [0.15, 0.2) is 0 Å². The number of allylic oxidation sites excluding steroid dienone is 1. The first kappa shape index (κ1) is 13.3. The molecule has 1 N–H and O–H groups in total. The summed E-state index contributed by atoms with van der Waals surface area (Å²) >= 11 is 0. The molecule has 18 heavy (non-hydrogen) atoms. The Bertz CT molecular complexity index is 389. The highest BCUT2D eigenvalue weighted by Gasteiger charge is 2.18. The summed E-state index contributed by atoms with van der Waals surface area (Å²) < 4.78 is 5.24. The van der Waals surface area contributed by atoms with E-state index in [-0.39, 0.29) is 0 Å². The van der Waals surface area contributed by atoms with Gasteiger partial charge in [-0.2, -0.15) is 0 Å². The first-order valence-corrected chi connectivity index (χ1v) is 7.04. The fourth-order valence-electron chi connectivity index (χ4n) is 2.81. The van der Waals surface area contributed by atoms with Crippen LogP contribution in [0.4, 0.5) is 0 Å². The third-order valence-corrected chi connectivity index (χ3v) is 3.74. The van der Waals surface area contributed by atoms with E-state index >= 15 is 0 Å². The number of hydrogen-bond donors (Lipinski definition) is 1. The Morgan fingerprint density at radius 3 is 2.89 bits per heavy atom. The van der Waals surface area contributed by atoms with Crippen molar-refractivity contribution < 1.29 is 4.52 Å². The van der Waals surface area contributed by atoms with Crippen molar-refractivity contribution in [2.75, 3.05) is 0 Å². The molecule has 2 rings (SSSR count). The van der Waals surface area contributed by atoms with Gasteiger partial charge in [-0.25, -0.2) is 0 Å². The van der Waals surface area contributed by atoms with Crippen LogP contribution in [0.2, 0.25) is 0 Å². The summed E-state index contributed by atoms with van der Waals surface area (Å²) in [7, 11) is 0. The molecule has 1 aliphatic rings. The highest BCUT2D eigenvalue weighted by molar-refractivity contribution is 5.24. The number of hydrogen-bond acceptors (Lipinski definition) is 3. The lowest BCUT2D eigenvalue weighted by molar-refractivity contribution is 0.389. The maximum absolute atomic E-state index is 5.24. The standard InChI is InChI=1S/C15H24N2O/c1-11(15-12(2)17-18-13(15)3)16-14-9-7-5-4-6-8-10-14/h7,9,11,14,16H,4-6,8,10H2,1-3H3/b9-7+. The summed E-state index contributed by atoms with van der Waals surface area (Å²) in [5.41, 5.74) is 2.22. The maximum Gasteiger partial charge on any atom is 0.138 e. The van der Waals surface area contributed by atoms with Gasteiger partial charge in [0.25, 0.3) is 0 Å². The molecule has 0 bridgehead atoms. The Morgan fingerprint density at radius 2 is 2.17 bits per heavy atom. The number of nitrogens with one attached hydrogen (secondary N) is 1. The van der Waals surface area contributed by atoms with Crippen molar-refractivity contribution in [2.45, 2.75) is 65.0 Å². The first-order chi connectivity index (χ1) is 8.68. The molecule has 2 atom stereocenters. The molecule has 2 unspecified atom stereocenters. The third kappa shape index (κ3) is 3.22. The molecule has 3 nitrogen and oxygen atoms in total. The molecule has 0 aliphatic heterocycles. The summed E-state index contributed by atoms with van der Waals surface area (Å²) in [4.78, 5) is 0. The Balaban J connectivity index is 2.01. The van der Waals surface area contributed by atoms with Gasteiger partial charge in [-0.1, -0.05) is 30.2 Å². The molecule has 0 radical (unpaired) electrons. The van der Waals surface area contributed by atoms with Gasteiger partial charge in [0, 0.05) is 17.6 Å². The van der Waals surface area contributed by atoms with E-state index in [1.807, 2.05) is 13.8 Å². The quantitative estimate of drug-likeness (QED) is 0.826. The summed E-state index contributed by atoms with van der Waals surface area (Å²) in [5, 5.41) is 7.71. The molecule has 1 aliphatic carbocycles. The van der Waals surface area contributed by atoms with Crippen molar-refractivity contribution in [3.05, 3.63) is 29.2 Å². The molecule has 100 valence electrons. The maximum atomic E-state index is 5.24. The minimum Gasteiger partial charge on any atom is -0.361 e. The van der Waals surface area contributed by atoms with E-state index in [0.717, 1.165) is 11.5 Å². The molecule has 0 saturated heterocycles. The van der Waals surface area contributed by atoms with Gasteiger partial charge < -0.3 is 9.84 Å². The summed E-state index contributed by atoms with van der Waals surface area (Å²) in [6, 6.07) is 0.777. The monoisotopic (exact) mass is 248 g/mol. The van der Waals surface area contributed by atoms with Gasteiger partial charge in [0.2, 0.25) is 0 Å². The Labute approximate surface area is 110 Å². The van der Waals surface area contributed by atoms with Crippen LogP contribution in [0.1, 0.15) is 62.1 Å². The zero-order chi connectivity index (χ0) is 13.0. The molecular weight excluding hydrogens is 224 g/mol. The third-order valence-electron chi connectivity index (χ3n) is 3.74. The average molecular weight is 248 g/mol. The van der Waals surface area contributed by atoms with E-state index < -0.39 is 0 Å². The van der Waals surface area contributed by atoms with Crippen LogP contribution in [0, 0.1) is 13.8 Å². The van der Waals surface area contributed by atoms with Crippen LogP contribution in [0.3, 0.4) is 0 Å². The van der Waals surface area contributed by atoms with Crippen molar-refractivity contribution in [3.8, 4) is 0 Å². The van der Waals surface area contributed by atoms with Gasteiger partial charge in [-0.3, -0.25) is 0 Å². The predicted octanol–water partition coefficient (Wildman–Crippen LogP) is 3.83. The number of nitrogens with zero attached hydrogens (tertiary/aromatic N) is 1. The van der Waals surface area contributed by atoms with Crippen molar-refractivity contribution in [3.63, 3.8) is 0 Å². The first-order valence-electron chi connectivity index (χ1n) is 7.04. The van der Waals surface area contributed by atoms with Crippen LogP contribution in [-0.4, -0.2) is 11.2 Å². The van der Waals surface area contributed by atoms with E-state index in [9.17, 15) is 0 Å².